The van der Waals surface area contributed by atoms with Crippen molar-refractivity contribution in [2.45, 2.75) is 25.4 Å². The van der Waals surface area contributed by atoms with Crippen molar-refractivity contribution >= 4 is 17.3 Å². The molecule has 138 valence electrons. The third-order valence-corrected chi connectivity index (χ3v) is 5.20. The Morgan fingerprint density at radius 2 is 1.93 bits per heavy atom. The average molecular weight is 380 g/mol. The molecule has 1 aromatic carbocycles. The van der Waals surface area contributed by atoms with E-state index in [9.17, 15) is 4.39 Å². The Morgan fingerprint density at radius 1 is 1.11 bits per heavy atom. The summed E-state index contributed by atoms with van der Waals surface area (Å²) >= 11 is 5.64. The first-order chi connectivity index (χ1) is 13.2. The van der Waals surface area contributed by atoms with E-state index in [2.05, 4.69) is 32.8 Å². The topological polar surface area (TPSA) is 33.1 Å². The van der Waals surface area contributed by atoms with Crippen molar-refractivity contribution in [1.82, 2.24) is 19.8 Å². The normalized spacial score (nSPS) is 19.3. The molecule has 0 radical (unpaired) electrons. The van der Waals surface area contributed by atoms with E-state index in [4.69, 9.17) is 12.2 Å². The number of aromatic nitrogens is 2. The van der Waals surface area contributed by atoms with Crippen LogP contribution in [0.2, 0.25) is 0 Å². The van der Waals surface area contributed by atoms with Crippen LogP contribution in [0, 0.1) is 5.82 Å². The molecule has 0 spiro atoms. The summed E-state index contributed by atoms with van der Waals surface area (Å²) in [5.74, 6) is -0.241. The van der Waals surface area contributed by atoms with Crippen LogP contribution in [0.1, 0.15) is 36.8 Å². The highest BCUT2D eigenvalue weighted by molar-refractivity contribution is 7.80. The van der Waals surface area contributed by atoms with E-state index in [1.54, 1.807) is 18.3 Å². The van der Waals surface area contributed by atoms with Gasteiger partial charge in [0.2, 0.25) is 0 Å². The Labute approximate surface area is 163 Å². The summed E-state index contributed by atoms with van der Waals surface area (Å²) in [6, 6.07) is 16.6. The molecule has 27 heavy (non-hydrogen) atoms. The summed E-state index contributed by atoms with van der Waals surface area (Å²) in [7, 11) is 0. The van der Waals surface area contributed by atoms with Crippen LogP contribution in [-0.4, -0.2) is 26.1 Å². The fourth-order valence-corrected chi connectivity index (χ4v) is 4.01. The second-order valence-electron chi connectivity index (χ2n) is 6.60. The Kier molecular flexibility index (Phi) is 4.90. The minimum absolute atomic E-state index is 0.00685. The Hall–Kier alpha value is -2.73. The largest absolute Gasteiger partial charge is 0.352 e. The summed E-state index contributed by atoms with van der Waals surface area (Å²) in [5, 5.41) is 4.19. The number of nitrogens with one attached hydrogen (secondary N) is 1. The van der Waals surface area contributed by atoms with Gasteiger partial charge in [0.25, 0.3) is 0 Å². The van der Waals surface area contributed by atoms with Crippen LogP contribution in [0.25, 0.3) is 5.69 Å². The summed E-state index contributed by atoms with van der Waals surface area (Å²) in [4.78, 5) is 6.78. The average Bonchev–Trinajstić information content (AvgIpc) is 3.28. The predicted octanol–water partition coefficient (Wildman–Crippen LogP) is 4.39. The number of nitrogens with zero attached hydrogens (tertiary/aromatic N) is 3. The molecule has 1 aliphatic heterocycles. The van der Waals surface area contributed by atoms with E-state index in [1.165, 1.54) is 12.1 Å². The number of benzene rings is 1. The number of pyridine rings is 1. The van der Waals surface area contributed by atoms with Gasteiger partial charge in [0.1, 0.15) is 5.82 Å². The van der Waals surface area contributed by atoms with Crippen molar-refractivity contribution in [3.05, 3.63) is 84.2 Å². The lowest BCUT2D eigenvalue weighted by atomic mass is 10.0. The van der Waals surface area contributed by atoms with Gasteiger partial charge in [0.05, 0.1) is 17.8 Å². The third-order valence-electron chi connectivity index (χ3n) is 4.85. The molecule has 4 rings (SSSR count). The molecule has 1 aliphatic rings. The molecular weight excluding hydrogens is 359 g/mol. The summed E-state index contributed by atoms with van der Waals surface area (Å²) in [6.07, 6.45) is 4.80. The number of rotatable bonds is 5. The molecule has 2 aromatic heterocycles. The van der Waals surface area contributed by atoms with Crippen molar-refractivity contribution in [1.29, 1.82) is 0 Å². The van der Waals surface area contributed by atoms with Crippen LogP contribution in [0.15, 0.2) is 67.0 Å². The first-order valence-corrected chi connectivity index (χ1v) is 9.51. The molecule has 6 heteroatoms. The molecule has 0 unspecified atom stereocenters. The van der Waals surface area contributed by atoms with Crippen LogP contribution in [-0.2, 0) is 0 Å². The molecule has 1 saturated heterocycles. The standard InChI is InChI=1S/C21H21FN4S/c1-2-13-26-20(19(24-21(26)27)17-6-3-4-12-23-17)18-7-5-14-25(18)16-10-8-15(22)9-11-16/h3-12,14,19-20H,2,13H2,1H3,(H,24,27)/t19-,20-/m0/s1. The lowest BCUT2D eigenvalue weighted by molar-refractivity contribution is 0.309. The van der Waals surface area contributed by atoms with E-state index in [0.29, 0.717) is 0 Å². The summed E-state index contributed by atoms with van der Waals surface area (Å²) in [5.41, 5.74) is 2.97. The zero-order chi connectivity index (χ0) is 18.8. The van der Waals surface area contributed by atoms with Crippen molar-refractivity contribution in [3.8, 4) is 5.69 Å². The lowest BCUT2D eigenvalue weighted by Gasteiger charge is -2.28. The molecule has 3 heterocycles. The Bertz CT molecular complexity index is 923. The minimum atomic E-state index is -0.241. The molecule has 4 nitrogen and oxygen atoms in total. The van der Waals surface area contributed by atoms with Gasteiger partial charge in [-0.2, -0.15) is 0 Å². The third kappa shape index (κ3) is 3.32. The van der Waals surface area contributed by atoms with Gasteiger partial charge in [-0.3, -0.25) is 4.98 Å². The zero-order valence-corrected chi connectivity index (χ0v) is 15.9. The van der Waals surface area contributed by atoms with E-state index >= 15 is 0 Å². The van der Waals surface area contributed by atoms with Crippen LogP contribution < -0.4 is 5.32 Å². The first-order valence-electron chi connectivity index (χ1n) is 9.10. The summed E-state index contributed by atoms with van der Waals surface area (Å²) < 4.78 is 15.5. The molecule has 0 amide bonds. The van der Waals surface area contributed by atoms with Gasteiger partial charge in [0.15, 0.2) is 5.11 Å². The molecule has 0 aliphatic carbocycles. The Morgan fingerprint density at radius 3 is 2.63 bits per heavy atom. The summed E-state index contributed by atoms with van der Waals surface area (Å²) in [6.45, 7) is 3.00. The lowest BCUT2D eigenvalue weighted by Crippen LogP contribution is -2.31. The molecule has 0 saturated carbocycles. The zero-order valence-electron chi connectivity index (χ0n) is 15.0. The fourth-order valence-electron chi connectivity index (χ4n) is 3.68. The highest BCUT2D eigenvalue weighted by Gasteiger charge is 2.40. The van der Waals surface area contributed by atoms with E-state index in [1.807, 2.05) is 30.5 Å². The van der Waals surface area contributed by atoms with Gasteiger partial charge >= 0.3 is 0 Å². The van der Waals surface area contributed by atoms with Gasteiger partial charge in [-0.15, -0.1) is 0 Å². The van der Waals surface area contributed by atoms with Crippen molar-refractivity contribution in [2.75, 3.05) is 6.54 Å². The molecule has 1 fully saturated rings. The maximum absolute atomic E-state index is 13.4. The SMILES string of the molecule is CCCN1C(=S)N[C@@H](c2ccccn2)[C@@H]1c1cccn1-c1ccc(F)cc1. The van der Waals surface area contributed by atoms with Crippen molar-refractivity contribution < 1.29 is 4.39 Å². The van der Waals surface area contributed by atoms with Crippen LogP contribution in [0.5, 0.6) is 0 Å². The molecular formula is C21H21FN4S. The van der Waals surface area contributed by atoms with Crippen LogP contribution in [0.4, 0.5) is 4.39 Å². The fraction of sp³-hybridized carbons (Fsp3) is 0.238. The van der Waals surface area contributed by atoms with Gasteiger partial charge < -0.3 is 14.8 Å². The van der Waals surface area contributed by atoms with Gasteiger partial charge in [0, 0.05) is 30.3 Å². The van der Waals surface area contributed by atoms with E-state index in [0.717, 1.165) is 35.2 Å². The highest BCUT2D eigenvalue weighted by Crippen LogP contribution is 2.39. The quantitative estimate of drug-likeness (QED) is 0.666. The van der Waals surface area contributed by atoms with Gasteiger partial charge in [-0.1, -0.05) is 13.0 Å². The molecule has 0 bridgehead atoms. The molecule has 2 atom stereocenters. The molecule has 3 aromatic rings. The van der Waals surface area contributed by atoms with Crippen molar-refractivity contribution in [2.24, 2.45) is 0 Å². The van der Waals surface area contributed by atoms with E-state index in [-0.39, 0.29) is 17.9 Å². The van der Waals surface area contributed by atoms with Crippen LogP contribution >= 0.6 is 12.2 Å². The van der Waals surface area contributed by atoms with E-state index < -0.39 is 0 Å². The first kappa shape index (κ1) is 17.7. The number of thiocarbonyl (C=S) groups is 1. The Balaban J connectivity index is 1.80. The maximum atomic E-state index is 13.4. The number of halogens is 1. The molecule has 1 N–H and O–H groups in total. The second kappa shape index (κ2) is 7.48. The highest BCUT2D eigenvalue weighted by atomic mass is 32.1. The number of hydrogen-bond donors (Lipinski definition) is 1. The monoisotopic (exact) mass is 380 g/mol. The van der Waals surface area contributed by atoms with Gasteiger partial charge in [-0.25, -0.2) is 4.39 Å². The van der Waals surface area contributed by atoms with Crippen LogP contribution in [0.3, 0.4) is 0 Å². The minimum Gasteiger partial charge on any atom is -0.352 e. The van der Waals surface area contributed by atoms with Gasteiger partial charge in [-0.05, 0) is 67.2 Å². The predicted molar refractivity (Wildman–Crippen MR) is 108 cm³/mol. The maximum Gasteiger partial charge on any atom is 0.170 e. The smallest absolute Gasteiger partial charge is 0.170 e. The number of hydrogen-bond acceptors (Lipinski definition) is 2. The second-order valence-corrected chi connectivity index (χ2v) is 6.99. The van der Waals surface area contributed by atoms with Crippen molar-refractivity contribution in [3.63, 3.8) is 0 Å².